The molecular weight excluding hydrogens is 222 g/mol. The van der Waals surface area contributed by atoms with Crippen molar-refractivity contribution >= 4 is 21.4 Å². The third kappa shape index (κ3) is 1.93. The SMILES string of the molecule is CC(C)(C)c1ccc2sc(=O)[nH]c(=O)c2c1. The smallest absolute Gasteiger partial charge is 0.280 e. The molecule has 2 aromatic rings. The maximum Gasteiger partial charge on any atom is 0.307 e. The Morgan fingerprint density at radius 3 is 2.50 bits per heavy atom. The second-order valence-corrected chi connectivity index (χ2v) is 5.82. The maximum atomic E-state index is 11.6. The van der Waals surface area contributed by atoms with E-state index in [1.807, 2.05) is 18.2 Å². The van der Waals surface area contributed by atoms with Gasteiger partial charge in [-0.25, -0.2) is 0 Å². The van der Waals surface area contributed by atoms with Gasteiger partial charge in [0.25, 0.3) is 5.56 Å². The Morgan fingerprint density at radius 2 is 1.88 bits per heavy atom. The molecule has 0 amide bonds. The second-order valence-electron chi connectivity index (χ2n) is 4.80. The summed E-state index contributed by atoms with van der Waals surface area (Å²) in [7, 11) is 0. The third-order valence-electron chi connectivity index (χ3n) is 2.51. The molecule has 3 nitrogen and oxygen atoms in total. The Bertz CT molecular complexity index is 646. The molecule has 16 heavy (non-hydrogen) atoms. The predicted octanol–water partition coefficient (Wildman–Crippen LogP) is 2.25. The number of fused-ring (bicyclic) bond motifs is 1. The van der Waals surface area contributed by atoms with Crippen molar-refractivity contribution in [3.63, 3.8) is 0 Å². The molecular formula is C12H13NO2S. The van der Waals surface area contributed by atoms with Gasteiger partial charge in [-0.15, -0.1) is 0 Å². The molecule has 1 aromatic carbocycles. The van der Waals surface area contributed by atoms with Gasteiger partial charge in [0.15, 0.2) is 0 Å². The van der Waals surface area contributed by atoms with Crippen LogP contribution in [0, 0.1) is 0 Å². The van der Waals surface area contributed by atoms with Crippen LogP contribution < -0.4 is 10.4 Å². The molecule has 0 aliphatic heterocycles. The van der Waals surface area contributed by atoms with E-state index in [0.29, 0.717) is 5.39 Å². The minimum Gasteiger partial charge on any atom is -0.280 e. The molecule has 0 saturated heterocycles. The van der Waals surface area contributed by atoms with Gasteiger partial charge in [0.05, 0.1) is 5.39 Å². The van der Waals surface area contributed by atoms with E-state index in [9.17, 15) is 9.59 Å². The first-order valence-electron chi connectivity index (χ1n) is 5.05. The number of nitrogens with one attached hydrogen (secondary N) is 1. The van der Waals surface area contributed by atoms with Gasteiger partial charge in [-0.05, 0) is 23.1 Å². The van der Waals surface area contributed by atoms with Gasteiger partial charge in [0.2, 0.25) is 0 Å². The van der Waals surface area contributed by atoms with E-state index < -0.39 is 0 Å². The van der Waals surface area contributed by atoms with Crippen LogP contribution in [0.4, 0.5) is 0 Å². The van der Waals surface area contributed by atoms with E-state index in [2.05, 4.69) is 25.8 Å². The highest BCUT2D eigenvalue weighted by atomic mass is 32.1. The molecule has 1 heterocycles. The molecule has 0 aliphatic rings. The van der Waals surface area contributed by atoms with E-state index >= 15 is 0 Å². The first kappa shape index (κ1) is 11.1. The number of benzene rings is 1. The molecule has 1 N–H and O–H groups in total. The monoisotopic (exact) mass is 235 g/mol. The highest BCUT2D eigenvalue weighted by Gasteiger charge is 2.14. The van der Waals surface area contributed by atoms with Crippen molar-refractivity contribution in [3.05, 3.63) is 43.8 Å². The number of rotatable bonds is 0. The van der Waals surface area contributed by atoms with Crippen molar-refractivity contribution in [2.45, 2.75) is 26.2 Å². The number of hydrogen-bond acceptors (Lipinski definition) is 3. The van der Waals surface area contributed by atoms with Gasteiger partial charge >= 0.3 is 4.87 Å². The molecule has 2 rings (SSSR count). The Morgan fingerprint density at radius 1 is 1.19 bits per heavy atom. The lowest BCUT2D eigenvalue weighted by Crippen LogP contribution is -2.17. The van der Waals surface area contributed by atoms with Crippen LogP contribution in [0.15, 0.2) is 27.8 Å². The Balaban J connectivity index is 2.82. The van der Waals surface area contributed by atoms with Crippen molar-refractivity contribution in [1.29, 1.82) is 0 Å². The molecule has 0 saturated carbocycles. The van der Waals surface area contributed by atoms with Crippen LogP contribution in [0.1, 0.15) is 26.3 Å². The van der Waals surface area contributed by atoms with Gasteiger partial charge < -0.3 is 0 Å². The fourth-order valence-electron chi connectivity index (χ4n) is 1.55. The quantitative estimate of drug-likeness (QED) is 0.761. The summed E-state index contributed by atoms with van der Waals surface area (Å²) in [6.45, 7) is 6.27. The van der Waals surface area contributed by atoms with Crippen molar-refractivity contribution in [1.82, 2.24) is 4.98 Å². The number of aromatic amines is 1. The zero-order chi connectivity index (χ0) is 11.9. The average Bonchev–Trinajstić information content (AvgIpc) is 2.15. The Labute approximate surface area is 96.8 Å². The molecule has 0 aliphatic carbocycles. The van der Waals surface area contributed by atoms with Crippen LogP contribution >= 0.6 is 11.3 Å². The standard InChI is InChI=1S/C12H13NO2S/c1-12(2,3)7-4-5-9-8(6-7)10(14)13-11(15)16-9/h4-6H,1-3H3,(H,13,14,15). The summed E-state index contributed by atoms with van der Waals surface area (Å²) in [6.07, 6.45) is 0. The normalized spacial score (nSPS) is 11.9. The summed E-state index contributed by atoms with van der Waals surface area (Å²) in [5.41, 5.74) is 0.794. The van der Waals surface area contributed by atoms with E-state index in [1.165, 1.54) is 0 Å². The Hall–Kier alpha value is -1.42. The van der Waals surface area contributed by atoms with Crippen molar-refractivity contribution < 1.29 is 0 Å². The summed E-state index contributed by atoms with van der Waals surface area (Å²) in [5.74, 6) is 0. The van der Waals surface area contributed by atoms with Gasteiger partial charge in [-0.2, -0.15) is 0 Å². The first-order valence-corrected chi connectivity index (χ1v) is 5.87. The van der Waals surface area contributed by atoms with Gasteiger partial charge in [0, 0.05) is 4.70 Å². The van der Waals surface area contributed by atoms with Gasteiger partial charge in [0.1, 0.15) is 0 Å². The Kier molecular flexibility index (Phi) is 2.46. The zero-order valence-electron chi connectivity index (χ0n) is 9.46. The van der Waals surface area contributed by atoms with Crippen LogP contribution in [-0.4, -0.2) is 4.98 Å². The average molecular weight is 235 g/mol. The van der Waals surface area contributed by atoms with Crippen LogP contribution in [0.5, 0.6) is 0 Å². The van der Waals surface area contributed by atoms with Crippen LogP contribution in [0.3, 0.4) is 0 Å². The van der Waals surface area contributed by atoms with Crippen molar-refractivity contribution in [2.75, 3.05) is 0 Å². The molecule has 0 unspecified atom stereocenters. The van der Waals surface area contributed by atoms with Crippen LogP contribution in [-0.2, 0) is 5.41 Å². The largest absolute Gasteiger partial charge is 0.307 e. The lowest BCUT2D eigenvalue weighted by molar-refractivity contribution is 0.591. The summed E-state index contributed by atoms with van der Waals surface area (Å²) in [6, 6.07) is 5.68. The maximum absolute atomic E-state index is 11.6. The fourth-order valence-corrected chi connectivity index (χ4v) is 2.29. The van der Waals surface area contributed by atoms with E-state index in [4.69, 9.17) is 0 Å². The molecule has 84 valence electrons. The summed E-state index contributed by atoms with van der Waals surface area (Å²) < 4.78 is 0.738. The van der Waals surface area contributed by atoms with Crippen molar-refractivity contribution in [2.24, 2.45) is 0 Å². The van der Waals surface area contributed by atoms with Gasteiger partial charge in [-0.1, -0.05) is 38.2 Å². The second kappa shape index (κ2) is 3.56. The minimum atomic E-state index is -0.305. The molecule has 0 spiro atoms. The van der Waals surface area contributed by atoms with E-state index in [1.54, 1.807) is 0 Å². The predicted molar refractivity (Wildman–Crippen MR) is 67.4 cm³/mol. The first-order chi connectivity index (χ1) is 7.38. The fraction of sp³-hybridized carbons (Fsp3) is 0.333. The molecule has 0 fully saturated rings. The summed E-state index contributed by atoms with van der Waals surface area (Å²) in [5, 5.41) is 0.594. The lowest BCUT2D eigenvalue weighted by Gasteiger charge is -2.18. The topological polar surface area (TPSA) is 49.9 Å². The molecule has 0 atom stereocenters. The number of H-pyrrole nitrogens is 1. The molecule has 0 radical (unpaired) electrons. The van der Waals surface area contributed by atoms with Crippen LogP contribution in [0.25, 0.3) is 10.1 Å². The summed E-state index contributed by atoms with van der Waals surface area (Å²) >= 11 is 1.06. The molecule has 0 bridgehead atoms. The third-order valence-corrected chi connectivity index (χ3v) is 3.37. The van der Waals surface area contributed by atoms with E-state index in [0.717, 1.165) is 21.6 Å². The highest BCUT2D eigenvalue weighted by Crippen LogP contribution is 2.25. The molecule has 4 heteroatoms. The lowest BCUT2D eigenvalue weighted by atomic mass is 9.87. The number of hydrogen-bond donors (Lipinski definition) is 1. The highest BCUT2D eigenvalue weighted by molar-refractivity contribution is 7.15. The molecule has 1 aromatic heterocycles. The number of aromatic nitrogens is 1. The van der Waals surface area contributed by atoms with Gasteiger partial charge in [-0.3, -0.25) is 14.6 Å². The zero-order valence-corrected chi connectivity index (χ0v) is 10.3. The van der Waals surface area contributed by atoms with E-state index in [-0.39, 0.29) is 15.8 Å². The summed E-state index contributed by atoms with van der Waals surface area (Å²) in [4.78, 5) is 24.8. The van der Waals surface area contributed by atoms with Crippen molar-refractivity contribution in [3.8, 4) is 0 Å². The minimum absolute atomic E-state index is 0.00142. The van der Waals surface area contributed by atoms with Crippen LogP contribution in [0.2, 0.25) is 0 Å².